The van der Waals surface area contributed by atoms with Crippen molar-refractivity contribution in [2.24, 2.45) is 0 Å². The van der Waals surface area contributed by atoms with E-state index in [1.54, 1.807) is 12.1 Å². The van der Waals surface area contributed by atoms with E-state index in [0.717, 1.165) is 11.3 Å². The molecular weight excluding hydrogens is 319 g/mol. The van der Waals surface area contributed by atoms with Crippen molar-refractivity contribution in [1.82, 2.24) is 5.32 Å². The van der Waals surface area contributed by atoms with Crippen LogP contribution in [0.1, 0.15) is 56.2 Å². The molecule has 0 heterocycles. The van der Waals surface area contributed by atoms with E-state index in [2.05, 4.69) is 56.5 Å². The van der Waals surface area contributed by atoms with E-state index in [1.807, 2.05) is 0 Å². The van der Waals surface area contributed by atoms with Crippen LogP contribution in [0, 0.1) is 5.82 Å². The van der Waals surface area contributed by atoms with Gasteiger partial charge in [0.1, 0.15) is 5.82 Å². The fourth-order valence-electron chi connectivity index (χ4n) is 2.64. The predicted molar refractivity (Wildman–Crippen MR) is 104 cm³/mol. The first-order valence-electron chi connectivity index (χ1n) is 8.30. The topological polar surface area (TPSA) is 24.1 Å². The van der Waals surface area contributed by atoms with Crippen LogP contribution in [0.2, 0.25) is 0 Å². The van der Waals surface area contributed by atoms with Gasteiger partial charge in [0.25, 0.3) is 0 Å². The van der Waals surface area contributed by atoms with Gasteiger partial charge in [0.2, 0.25) is 0 Å². The van der Waals surface area contributed by atoms with Crippen molar-refractivity contribution in [3.05, 3.63) is 65.0 Å². The molecule has 2 aromatic carbocycles. The molecule has 0 spiro atoms. The summed E-state index contributed by atoms with van der Waals surface area (Å²) in [5, 5.41) is 7.14. The maximum absolute atomic E-state index is 13.0. The van der Waals surface area contributed by atoms with E-state index in [-0.39, 0.29) is 5.82 Å². The SMILES string of the molecule is CC(C)c1cccc(C(C)C)c1NC(=S)NCc1ccc(F)cc1. The number of halogens is 1. The fraction of sp³-hybridized carbons (Fsp3) is 0.350. The zero-order chi connectivity index (χ0) is 17.7. The van der Waals surface area contributed by atoms with Crippen molar-refractivity contribution < 1.29 is 4.39 Å². The molecule has 0 aromatic heterocycles. The van der Waals surface area contributed by atoms with Crippen molar-refractivity contribution in [2.45, 2.75) is 46.1 Å². The molecule has 4 heteroatoms. The lowest BCUT2D eigenvalue weighted by atomic mass is 9.93. The Labute approximate surface area is 149 Å². The van der Waals surface area contributed by atoms with Crippen molar-refractivity contribution in [3.63, 3.8) is 0 Å². The van der Waals surface area contributed by atoms with Crippen molar-refractivity contribution in [1.29, 1.82) is 0 Å². The van der Waals surface area contributed by atoms with Crippen LogP contribution < -0.4 is 10.6 Å². The Bertz CT molecular complexity index is 667. The van der Waals surface area contributed by atoms with Crippen LogP contribution in [0.25, 0.3) is 0 Å². The molecule has 0 saturated heterocycles. The van der Waals surface area contributed by atoms with E-state index in [4.69, 9.17) is 12.2 Å². The Morgan fingerprint density at radius 2 is 1.50 bits per heavy atom. The summed E-state index contributed by atoms with van der Waals surface area (Å²) in [5.41, 5.74) is 4.60. The zero-order valence-electron chi connectivity index (χ0n) is 14.7. The smallest absolute Gasteiger partial charge is 0.171 e. The number of rotatable bonds is 5. The summed E-state index contributed by atoms with van der Waals surface area (Å²) in [5.74, 6) is 0.587. The molecule has 0 aliphatic heterocycles. The maximum atomic E-state index is 13.0. The number of thiocarbonyl (C=S) groups is 1. The molecule has 0 atom stereocenters. The molecule has 0 fully saturated rings. The molecule has 0 saturated carbocycles. The second-order valence-electron chi connectivity index (χ2n) is 6.56. The van der Waals surface area contributed by atoms with Crippen molar-refractivity contribution in [2.75, 3.05) is 5.32 Å². The van der Waals surface area contributed by atoms with Gasteiger partial charge in [0, 0.05) is 12.2 Å². The number of benzene rings is 2. The van der Waals surface area contributed by atoms with Crippen molar-refractivity contribution in [3.8, 4) is 0 Å². The summed E-state index contributed by atoms with van der Waals surface area (Å²) in [6.07, 6.45) is 0. The van der Waals surface area contributed by atoms with Gasteiger partial charge < -0.3 is 10.6 Å². The second kappa shape index (κ2) is 8.25. The first-order valence-corrected chi connectivity index (χ1v) is 8.71. The molecule has 0 bridgehead atoms. The van der Waals surface area contributed by atoms with Crippen molar-refractivity contribution >= 4 is 23.0 Å². The monoisotopic (exact) mass is 344 g/mol. The molecule has 2 aromatic rings. The number of anilines is 1. The Kier molecular flexibility index (Phi) is 6.32. The standard InChI is InChI=1S/C20H25FN2S/c1-13(2)17-6-5-7-18(14(3)4)19(17)23-20(24)22-12-15-8-10-16(21)11-9-15/h5-11,13-14H,12H2,1-4H3,(H2,22,23,24). The van der Waals surface area contributed by atoms with Crippen LogP contribution in [-0.4, -0.2) is 5.11 Å². The Morgan fingerprint density at radius 1 is 0.958 bits per heavy atom. The summed E-state index contributed by atoms with van der Waals surface area (Å²) >= 11 is 5.46. The van der Waals surface area contributed by atoms with Crippen LogP contribution in [0.15, 0.2) is 42.5 Å². The van der Waals surface area contributed by atoms with Gasteiger partial charge in [-0.05, 0) is 52.9 Å². The van der Waals surface area contributed by atoms with Crippen LogP contribution in [-0.2, 0) is 6.54 Å². The maximum Gasteiger partial charge on any atom is 0.171 e. The van der Waals surface area contributed by atoms with Gasteiger partial charge in [0.05, 0.1) is 0 Å². The molecule has 0 unspecified atom stereocenters. The lowest BCUT2D eigenvalue weighted by Crippen LogP contribution is -2.29. The predicted octanol–water partition coefficient (Wildman–Crippen LogP) is 5.56. The first-order chi connectivity index (χ1) is 11.4. The Hall–Kier alpha value is -1.94. The lowest BCUT2D eigenvalue weighted by molar-refractivity contribution is 0.627. The van der Waals surface area contributed by atoms with Crippen LogP contribution in [0.3, 0.4) is 0 Å². The lowest BCUT2D eigenvalue weighted by Gasteiger charge is -2.21. The number of hydrogen-bond donors (Lipinski definition) is 2. The molecule has 0 radical (unpaired) electrons. The van der Waals surface area contributed by atoms with Gasteiger partial charge >= 0.3 is 0 Å². The summed E-state index contributed by atoms with van der Waals surface area (Å²) < 4.78 is 13.0. The van der Waals surface area contributed by atoms with Crippen LogP contribution >= 0.6 is 12.2 Å². The first kappa shape index (κ1) is 18.4. The molecule has 0 aliphatic carbocycles. The summed E-state index contributed by atoms with van der Waals surface area (Å²) in [6.45, 7) is 9.28. The number of hydrogen-bond acceptors (Lipinski definition) is 1. The highest BCUT2D eigenvalue weighted by molar-refractivity contribution is 7.80. The van der Waals surface area contributed by atoms with Gasteiger partial charge in [-0.15, -0.1) is 0 Å². The molecule has 2 rings (SSSR count). The molecule has 2 N–H and O–H groups in total. The van der Waals surface area contributed by atoms with Gasteiger partial charge in [0.15, 0.2) is 5.11 Å². The largest absolute Gasteiger partial charge is 0.358 e. The average molecular weight is 344 g/mol. The molecular formula is C20H25FN2S. The van der Waals surface area contributed by atoms with Crippen LogP contribution in [0.4, 0.5) is 10.1 Å². The third-order valence-electron chi connectivity index (χ3n) is 3.98. The van der Waals surface area contributed by atoms with E-state index >= 15 is 0 Å². The van der Waals surface area contributed by atoms with Gasteiger partial charge in [-0.3, -0.25) is 0 Å². The van der Waals surface area contributed by atoms with E-state index in [0.29, 0.717) is 23.5 Å². The quantitative estimate of drug-likeness (QED) is 0.695. The highest BCUT2D eigenvalue weighted by Gasteiger charge is 2.14. The van der Waals surface area contributed by atoms with Crippen LogP contribution in [0.5, 0.6) is 0 Å². The third kappa shape index (κ3) is 4.78. The molecule has 24 heavy (non-hydrogen) atoms. The van der Waals surface area contributed by atoms with Gasteiger partial charge in [-0.25, -0.2) is 4.39 Å². The Balaban J connectivity index is 2.11. The van der Waals surface area contributed by atoms with E-state index in [9.17, 15) is 4.39 Å². The minimum Gasteiger partial charge on any atom is -0.358 e. The minimum atomic E-state index is -0.230. The number of para-hydroxylation sites is 1. The van der Waals surface area contributed by atoms with Gasteiger partial charge in [-0.1, -0.05) is 58.0 Å². The molecule has 128 valence electrons. The minimum absolute atomic E-state index is 0.230. The number of nitrogens with one attached hydrogen (secondary N) is 2. The molecule has 0 amide bonds. The normalized spacial score (nSPS) is 11.0. The second-order valence-corrected chi connectivity index (χ2v) is 6.96. The fourth-order valence-corrected chi connectivity index (χ4v) is 2.81. The van der Waals surface area contributed by atoms with Gasteiger partial charge in [-0.2, -0.15) is 0 Å². The summed E-state index contributed by atoms with van der Waals surface area (Å²) in [4.78, 5) is 0. The highest BCUT2D eigenvalue weighted by atomic mass is 32.1. The highest BCUT2D eigenvalue weighted by Crippen LogP contribution is 2.32. The van der Waals surface area contributed by atoms with E-state index in [1.165, 1.54) is 23.3 Å². The Morgan fingerprint density at radius 3 is 2.00 bits per heavy atom. The zero-order valence-corrected chi connectivity index (χ0v) is 15.5. The van der Waals surface area contributed by atoms with E-state index < -0.39 is 0 Å². The molecule has 0 aliphatic rings. The average Bonchev–Trinajstić information content (AvgIpc) is 2.54. The summed E-state index contributed by atoms with van der Waals surface area (Å²) in [7, 11) is 0. The summed E-state index contributed by atoms with van der Waals surface area (Å²) in [6, 6.07) is 12.8. The molecule has 2 nitrogen and oxygen atoms in total. The third-order valence-corrected chi connectivity index (χ3v) is 4.22.